The van der Waals surface area contributed by atoms with Crippen molar-refractivity contribution >= 4 is 11.6 Å². The number of nitrogens with zero attached hydrogens (tertiary/aromatic N) is 1. The molecular weight excluding hydrogens is 357 g/mol. The Morgan fingerprint density at radius 1 is 1.19 bits per heavy atom. The summed E-state index contributed by atoms with van der Waals surface area (Å²) in [5.74, 6) is -0.129. The Kier molecular flexibility index (Phi) is 4.43. The second-order valence-electron chi connectivity index (χ2n) is 7.31. The van der Waals surface area contributed by atoms with Gasteiger partial charge in [0.15, 0.2) is 0 Å². The molecule has 1 aromatic carbocycles. The van der Waals surface area contributed by atoms with Crippen molar-refractivity contribution in [3.63, 3.8) is 0 Å². The molecule has 0 aliphatic heterocycles. The van der Waals surface area contributed by atoms with E-state index in [4.69, 9.17) is 16.3 Å². The first kappa shape index (κ1) is 17.4. The van der Waals surface area contributed by atoms with E-state index in [0.29, 0.717) is 35.6 Å². The van der Waals surface area contributed by atoms with E-state index in [0.717, 1.165) is 36.3 Å². The van der Waals surface area contributed by atoms with E-state index in [1.165, 1.54) is 6.07 Å². The third-order valence-corrected chi connectivity index (χ3v) is 5.82. The van der Waals surface area contributed by atoms with Crippen LogP contribution >= 0.6 is 11.6 Å². The van der Waals surface area contributed by atoms with Crippen LogP contribution in [0, 0.1) is 11.7 Å². The molecule has 1 saturated carbocycles. The van der Waals surface area contributed by atoms with Crippen molar-refractivity contribution in [3.05, 3.63) is 50.5 Å². The fraction of sp³-hybridized carbons (Fsp3) is 0.450. The standard InChI is InChI=1S/C20H21ClFNO3/c1-11-4-2-7-17(11)26-18-10-16(15(22)9-14(18)21)23-19(24)12-5-3-6-13(8-12)20(23)25/h8-11,17,24H,2-7H2,1H3. The number of halogens is 2. The van der Waals surface area contributed by atoms with Crippen molar-refractivity contribution in [2.75, 3.05) is 0 Å². The lowest BCUT2D eigenvalue weighted by molar-refractivity contribution is 0.167. The van der Waals surface area contributed by atoms with Crippen LogP contribution in [0.5, 0.6) is 11.6 Å². The summed E-state index contributed by atoms with van der Waals surface area (Å²) in [6.07, 6.45) is 5.22. The molecule has 0 amide bonds. The van der Waals surface area contributed by atoms with Crippen molar-refractivity contribution in [2.24, 2.45) is 5.92 Å². The van der Waals surface area contributed by atoms with Crippen molar-refractivity contribution < 1.29 is 14.2 Å². The number of aromatic hydroxyl groups is 1. The fourth-order valence-corrected chi connectivity index (χ4v) is 4.20. The van der Waals surface area contributed by atoms with E-state index in [1.54, 1.807) is 6.07 Å². The van der Waals surface area contributed by atoms with Crippen molar-refractivity contribution in [1.82, 2.24) is 4.57 Å². The van der Waals surface area contributed by atoms with Crippen LogP contribution in [-0.4, -0.2) is 15.8 Å². The van der Waals surface area contributed by atoms with Gasteiger partial charge in [-0.15, -0.1) is 0 Å². The topological polar surface area (TPSA) is 51.5 Å². The normalized spacial score (nSPS) is 21.8. The minimum absolute atomic E-state index is 0.0249. The van der Waals surface area contributed by atoms with Crippen LogP contribution in [0.15, 0.2) is 23.0 Å². The van der Waals surface area contributed by atoms with Gasteiger partial charge in [-0.3, -0.25) is 4.79 Å². The number of pyridine rings is 1. The average molecular weight is 378 g/mol. The summed E-state index contributed by atoms with van der Waals surface area (Å²) in [5.41, 5.74) is 0.826. The Balaban J connectivity index is 1.82. The number of rotatable bonds is 3. The van der Waals surface area contributed by atoms with Crippen molar-refractivity contribution in [1.29, 1.82) is 0 Å². The predicted octanol–water partition coefficient (Wildman–Crippen LogP) is 4.39. The molecule has 6 heteroatoms. The van der Waals surface area contributed by atoms with Crippen LogP contribution in [0.1, 0.15) is 43.7 Å². The highest BCUT2D eigenvalue weighted by Crippen LogP contribution is 2.36. The Morgan fingerprint density at radius 2 is 1.96 bits per heavy atom. The molecule has 1 fully saturated rings. The Bertz CT molecular complexity index is 924. The molecule has 0 radical (unpaired) electrons. The molecule has 1 N–H and O–H groups in total. The quantitative estimate of drug-likeness (QED) is 0.862. The summed E-state index contributed by atoms with van der Waals surface area (Å²) in [7, 11) is 0. The highest BCUT2D eigenvalue weighted by molar-refractivity contribution is 6.32. The predicted molar refractivity (Wildman–Crippen MR) is 98.1 cm³/mol. The van der Waals surface area contributed by atoms with Crippen LogP contribution in [0.2, 0.25) is 5.02 Å². The fourth-order valence-electron chi connectivity index (χ4n) is 4.01. The van der Waals surface area contributed by atoms with E-state index in [-0.39, 0.29) is 22.7 Å². The van der Waals surface area contributed by atoms with E-state index >= 15 is 0 Å². The Hall–Kier alpha value is -2.01. The first-order valence-electron chi connectivity index (χ1n) is 9.08. The highest BCUT2D eigenvalue weighted by atomic mass is 35.5. The minimum Gasteiger partial charge on any atom is -0.494 e. The second kappa shape index (κ2) is 6.62. The number of ether oxygens (including phenoxy) is 1. The van der Waals surface area contributed by atoms with Gasteiger partial charge in [0.25, 0.3) is 5.56 Å². The zero-order valence-electron chi connectivity index (χ0n) is 14.6. The van der Waals surface area contributed by atoms with Gasteiger partial charge >= 0.3 is 0 Å². The summed E-state index contributed by atoms with van der Waals surface area (Å²) >= 11 is 6.18. The molecule has 0 saturated heterocycles. The maximum absolute atomic E-state index is 14.6. The molecular formula is C20H21ClFNO3. The van der Waals surface area contributed by atoms with Crippen molar-refractivity contribution in [2.45, 2.75) is 51.6 Å². The van der Waals surface area contributed by atoms with Crippen LogP contribution < -0.4 is 10.3 Å². The molecule has 2 aliphatic rings. The highest BCUT2D eigenvalue weighted by Gasteiger charge is 2.27. The van der Waals surface area contributed by atoms with Gasteiger partial charge in [-0.1, -0.05) is 18.5 Å². The number of hydrogen-bond donors (Lipinski definition) is 1. The minimum atomic E-state index is -0.664. The van der Waals surface area contributed by atoms with Gasteiger partial charge in [0.2, 0.25) is 5.88 Å². The number of aryl methyl sites for hydroxylation is 2. The molecule has 2 unspecified atom stereocenters. The largest absolute Gasteiger partial charge is 0.494 e. The zero-order chi connectivity index (χ0) is 18.4. The van der Waals surface area contributed by atoms with Crippen LogP contribution in [-0.2, 0) is 12.8 Å². The summed E-state index contributed by atoms with van der Waals surface area (Å²) in [6, 6.07) is 4.29. The lowest BCUT2D eigenvalue weighted by atomic mass is 9.97. The van der Waals surface area contributed by atoms with Gasteiger partial charge in [-0.2, -0.15) is 0 Å². The summed E-state index contributed by atoms with van der Waals surface area (Å²) in [6.45, 7) is 2.12. The molecule has 138 valence electrons. The van der Waals surface area contributed by atoms with Crippen molar-refractivity contribution in [3.8, 4) is 17.3 Å². The first-order chi connectivity index (χ1) is 12.5. The molecule has 2 bridgehead atoms. The monoisotopic (exact) mass is 377 g/mol. The third kappa shape index (κ3) is 2.88. The molecule has 1 aromatic heterocycles. The molecule has 0 spiro atoms. The molecule has 2 atom stereocenters. The third-order valence-electron chi connectivity index (χ3n) is 5.52. The average Bonchev–Trinajstić information content (AvgIpc) is 3.02. The van der Waals surface area contributed by atoms with Crippen LogP contribution in [0.3, 0.4) is 0 Å². The maximum atomic E-state index is 14.6. The van der Waals surface area contributed by atoms with Gasteiger partial charge in [0.05, 0.1) is 10.7 Å². The zero-order valence-corrected chi connectivity index (χ0v) is 15.4. The number of fused-ring (bicyclic) bond motifs is 2. The van der Waals surface area contributed by atoms with Crippen LogP contribution in [0.25, 0.3) is 5.69 Å². The maximum Gasteiger partial charge on any atom is 0.261 e. The van der Waals surface area contributed by atoms with Gasteiger partial charge in [0.1, 0.15) is 17.7 Å². The molecule has 2 aromatic rings. The summed E-state index contributed by atoms with van der Waals surface area (Å²) in [4.78, 5) is 12.7. The van der Waals surface area contributed by atoms with E-state index in [1.807, 2.05) is 0 Å². The molecule has 2 aliphatic carbocycles. The smallest absolute Gasteiger partial charge is 0.261 e. The molecule has 4 nitrogen and oxygen atoms in total. The number of aromatic nitrogens is 1. The lowest BCUT2D eigenvalue weighted by Gasteiger charge is -2.22. The SMILES string of the molecule is CC1CCCC1Oc1cc(-n2c(O)c3cc(c2=O)CCC3)c(F)cc1Cl. The Labute approximate surface area is 156 Å². The molecule has 4 rings (SSSR count). The summed E-state index contributed by atoms with van der Waals surface area (Å²) in [5, 5.41) is 10.7. The number of benzene rings is 1. The first-order valence-corrected chi connectivity index (χ1v) is 9.46. The van der Waals surface area contributed by atoms with Gasteiger partial charge in [-0.05, 0) is 56.6 Å². The van der Waals surface area contributed by atoms with Gasteiger partial charge in [0, 0.05) is 17.2 Å². The second-order valence-corrected chi connectivity index (χ2v) is 7.72. The molecule has 1 heterocycles. The molecule has 26 heavy (non-hydrogen) atoms. The van der Waals surface area contributed by atoms with Gasteiger partial charge < -0.3 is 9.84 Å². The van der Waals surface area contributed by atoms with E-state index in [9.17, 15) is 14.3 Å². The van der Waals surface area contributed by atoms with E-state index in [2.05, 4.69) is 6.92 Å². The number of hydrogen-bond acceptors (Lipinski definition) is 3. The lowest BCUT2D eigenvalue weighted by Crippen LogP contribution is -2.26. The Morgan fingerprint density at radius 3 is 2.69 bits per heavy atom. The van der Waals surface area contributed by atoms with Gasteiger partial charge in [-0.25, -0.2) is 8.96 Å². The summed E-state index contributed by atoms with van der Waals surface area (Å²) < 4.78 is 21.7. The van der Waals surface area contributed by atoms with Crippen LogP contribution in [0.4, 0.5) is 4.39 Å². The van der Waals surface area contributed by atoms with E-state index < -0.39 is 11.4 Å².